The van der Waals surface area contributed by atoms with Crippen molar-refractivity contribution in [3.8, 4) is 0 Å². The normalized spacial score (nSPS) is 15.9. The van der Waals surface area contributed by atoms with Crippen LogP contribution in [0.25, 0.3) is 16.3 Å². The smallest absolute Gasteiger partial charge is 0.265 e. The van der Waals surface area contributed by atoms with Crippen LogP contribution in [0.4, 0.5) is 17.6 Å². The minimum atomic E-state index is -2.71. The maximum absolute atomic E-state index is 14.1. The lowest BCUT2D eigenvalue weighted by Crippen LogP contribution is -2.37. The second-order valence-corrected chi connectivity index (χ2v) is 7.89. The number of hydrogen-bond acceptors (Lipinski definition) is 3. The molecule has 0 fully saturated rings. The Morgan fingerprint density at radius 2 is 1.94 bits per heavy atom. The number of carbonyl (C=O) groups excluding carboxylic acids is 1. The first-order chi connectivity index (χ1) is 15.8. The molecule has 0 unspecified atom stereocenters. The molecule has 1 aromatic carbocycles. The fraction of sp³-hybridized carbons (Fsp3) is 0.217. The van der Waals surface area contributed by atoms with Gasteiger partial charge in [0.05, 0.1) is 35.7 Å². The fourth-order valence-electron chi connectivity index (χ4n) is 4.35. The van der Waals surface area contributed by atoms with E-state index in [4.69, 9.17) is 4.74 Å². The summed E-state index contributed by atoms with van der Waals surface area (Å²) in [6, 6.07) is 5.17. The molecule has 0 radical (unpaired) electrons. The summed E-state index contributed by atoms with van der Waals surface area (Å²) < 4.78 is 61.5. The van der Waals surface area contributed by atoms with Gasteiger partial charge in [-0.15, -0.1) is 0 Å². The third-order valence-corrected chi connectivity index (χ3v) is 5.98. The van der Waals surface area contributed by atoms with E-state index in [-0.39, 0.29) is 40.6 Å². The van der Waals surface area contributed by atoms with E-state index in [9.17, 15) is 27.2 Å². The SMILES string of the molecule is CN(C(=O)c1cc2c(C(F)F)cccn2c1)[C@H]1COCc2[nH]c(=O)c3cc(F)c(F)cc3c21. The van der Waals surface area contributed by atoms with Crippen LogP contribution in [-0.2, 0) is 11.3 Å². The highest BCUT2D eigenvalue weighted by atomic mass is 19.3. The van der Waals surface area contributed by atoms with Crippen molar-refractivity contribution < 1.29 is 27.1 Å². The van der Waals surface area contributed by atoms with Gasteiger partial charge in [0.1, 0.15) is 0 Å². The molecule has 1 amide bonds. The van der Waals surface area contributed by atoms with E-state index in [1.54, 1.807) is 6.20 Å². The van der Waals surface area contributed by atoms with Gasteiger partial charge < -0.3 is 19.0 Å². The Bertz CT molecular complexity index is 1480. The Morgan fingerprint density at radius 3 is 2.67 bits per heavy atom. The number of nitrogens with zero attached hydrogens (tertiary/aromatic N) is 2. The summed E-state index contributed by atoms with van der Waals surface area (Å²) in [6.45, 7) is 0.0803. The molecule has 4 aromatic rings. The number of amides is 1. The molecule has 0 saturated carbocycles. The predicted molar refractivity (Wildman–Crippen MR) is 111 cm³/mol. The Morgan fingerprint density at radius 1 is 1.21 bits per heavy atom. The summed E-state index contributed by atoms with van der Waals surface area (Å²) in [5.41, 5.74) is 0.380. The maximum atomic E-state index is 14.1. The van der Waals surface area contributed by atoms with Crippen molar-refractivity contribution in [2.45, 2.75) is 19.1 Å². The van der Waals surface area contributed by atoms with Crippen LogP contribution >= 0.6 is 0 Å². The quantitative estimate of drug-likeness (QED) is 0.464. The zero-order valence-electron chi connectivity index (χ0n) is 17.2. The van der Waals surface area contributed by atoms with Crippen LogP contribution in [0, 0.1) is 11.6 Å². The molecule has 5 rings (SSSR count). The molecule has 0 aliphatic carbocycles. The zero-order chi connectivity index (χ0) is 23.4. The van der Waals surface area contributed by atoms with Crippen molar-refractivity contribution in [3.63, 3.8) is 0 Å². The minimum absolute atomic E-state index is 0.0336. The Kier molecular flexibility index (Phi) is 4.97. The number of aromatic nitrogens is 2. The van der Waals surface area contributed by atoms with Crippen molar-refractivity contribution >= 4 is 22.2 Å². The van der Waals surface area contributed by atoms with Crippen molar-refractivity contribution in [2.75, 3.05) is 13.7 Å². The van der Waals surface area contributed by atoms with E-state index >= 15 is 0 Å². The molecule has 3 aromatic heterocycles. The number of ether oxygens (including phenoxy) is 1. The molecule has 0 spiro atoms. The minimum Gasteiger partial charge on any atom is -0.373 e. The molecule has 1 aliphatic rings. The highest BCUT2D eigenvalue weighted by Crippen LogP contribution is 2.34. The van der Waals surface area contributed by atoms with Crippen LogP contribution in [-0.4, -0.2) is 33.8 Å². The number of nitrogens with one attached hydrogen (secondary N) is 1. The number of aromatic amines is 1. The topological polar surface area (TPSA) is 66.8 Å². The molecule has 10 heteroatoms. The largest absolute Gasteiger partial charge is 0.373 e. The van der Waals surface area contributed by atoms with Gasteiger partial charge in [-0.25, -0.2) is 17.6 Å². The van der Waals surface area contributed by atoms with E-state index in [0.717, 1.165) is 12.1 Å². The van der Waals surface area contributed by atoms with Crippen molar-refractivity contribution in [2.24, 2.45) is 0 Å². The van der Waals surface area contributed by atoms with Crippen molar-refractivity contribution in [1.82, 2.24) is 14.3 Å². The number of fused-ring (bicyclic) bond motifs is 4. The second-order valence-electron chi connectivity index (χ2n) is 7.89. The molecule has 6 nitrogen and oxygen atoms in total. The van der Waals surface area contributed by atoms with Crippen LogP contribution in [0.1, 0.15) is 39.6 Å². The van der Waals surface area contributed by atoms with Crippen LogP contribution in [0.2, 0.25) is 0 Å². The average molecular weight is 459 g/mol. The second kappa shape index (κ2) is 7.73. The standard InChI is InChI=1S/C23H17F4N3O3/c1-29(23(32)11-5-18-12(21(26)27)3-2-4-30(18)8-11)19-10-33-9-17-20(19)13-6-15(24)16(25)7-14(13)22(31)28-17/h2-8,19,21H,9-10H2,1H3,(H,28,31)/t19-/m0/s1. The van der Waals surface area contributed by atoms with Crippen LogP contribution < -0.4 is 5.56 Å². The summed E-state index contributed by atoms with van der Waals surface area (Å²) in [4.78, 5) is 29.6. The highest BCUT2D eigenvalue weighted by Gasteiger charge is 2.32. The Labute approximate surface area is 184 Å². The molecule has 1 N–H and O–H groups in total. The Hall–Kier alpha value is -3.66. The number of likely N-dealkylation sites (N-methyl/N-ethyl adjacent to an activating group) is 1. The van der Waals surface area contributed by atoms with Gasteiger partial charge in [0.2, 0.25) is 0 Å². The number of alkyl halides is 2. The van der Waals surface area contributed by atoms with E-state index in [2.05, 4.69) is 4.98 Å². The predicted octanol–water partition coefficient (Wildman–Crippen LogP) is 4.34. The summed E-state index contributed by atoms with van der Waals surface area (Å²) >= 11 is 0. The first kappa shape index (κ1) is 21.2. The molecule has 33 heavy (non-hydrogen) atoms. The third-order valence-electron chi connectivity index (χ3n) is 5.98. The van der Waals surface area contributed by atoms with Gasteiger partial charge in [-0.3, -0.25) is 9.59 Å². The molecule has 1 aliphatic heterocycles. The van der Waals surface area contributed by atoms with Crippen LogP contribution in [0.3, 0.4) is 0 Å². The number of halogens is 4. The third kappa shape index (κ3) is 3.37. The van der Waals surface area contributed by atoms with E-state index in [1.165, 1.54) is 40.7 Å². The lowest BCUT2D eigenvalue weighted by molar-refractivity contribution is 0.0336. The monoisotopic (exact) mass is 459 g/mol. The highest BCUT2D eigenvalue weighted by molar-refractivity contribution is 5.96. The Balaban J connectivity index is 1.60. The number of pyridine rings is 2. The number of carbonyl (C=O) groups is 1. The van der Waals surface area contributed by atoms with E-state index in [1.807, 2.05) is 0 Å². The molecular formula is C23H17F4N3O3. The van der Waals surface area contributed by atoms with Crippen LogP contribution in [0.5, 0.6) is 0 Å². The van der Waals surface area contributed by atoms with Gasteiger partial charge in [0, 0.05) is 36.3 Å². The fourth-order valence-corrected chi connectivity index (χ4v) is 4.35. The summed E-state index contributed by atoms with van der Waals surface area (Å²) in [6.07, 6.45) is 0.304. The van der Waals surface area contributed by atoms with Gasteiger partial charge in [-0.2, -0.15) is 0 Å². The lowest BCUT2D eigenvalue weighted by atomic mass is 9.95. The first-order valence-corrected chi connectivity index (χ1v) is 10.0. The maximum Gasteiger partial charge on any atom is 0.265 e. The zero-order valence-corrected chi connectivity index (χ0v) is 17.2. The number of H-pyrrole nitrogens is 1. The molecule has 1 atom stereocenters. The summed E-state index contributed by atoms with van der Waals surface area (Å²) in [5, 5.41) is 0.138. The van der Waals surface area contributed by atoms with Crippen molar-refractivity contribution in [1.29, 1.82) is 0 Å². The summed E-state index contributed by atoms with van der Waals surface area (Å²) in [5.74, 6) is -2.76. The van der Waals surface area contributed by atoms with Gasteiger partial charge in [0.25, 0.3) is 17.9 Å². The van der Waals surface area contributed by atoms with E-state index in [0.29, 0.717) is 11.3 Å². The average Bonchev–Trinajstić information content (AvgIpc) is 3.23. The molecular weight excluding hydrogens is 442 g/mol. The van der Waals surface area contributed by atoms with Gasteiger partial charge in [-0.1, -0.05) is 0 Å². The number of rotatable bonds is 3. The molecule has 4 heterocycles. The lowest BCUT2D eigenvalue weighted by Gasteiger charge is -2.33. The van der Waals surface area contributed by atoms with Gasteiger partial charge in [-0.05, 0) is 35.7 Å². The number of hydrogen-bond donors (Lipinski definition) is 1. The van der Waals surface area contributed by atoms with Gasteiger partial charge >= 0.3 is 0 Å². The summed E-state index contributed by atoms with van der Waals surface area (Å²) in [7, 11) is 1.50. The first-order valence-electron chi connectivity index (χ1n) is 10.0. The van der Waals surface area contributed by atoms with Gasteiger partial charge in [0.15, 0.2) is 11.6 Å². The number of benzene rings is 1. The van der Waals surface area contributed by atoms with Crippen LogP contribution in [0.15, 0.2) is 47.5 Å². The van der Waals surface area contributed by atoms with Crippen molar-refractivity contribution in [3.05, 3.63) is 87.1 Å². The molecule has 170 valence electrons. The molecule has 0 saturated heterocycles. The van der Waals surface area contributed by atoms with E-state index < -0.39 is 35.6 Å². The molecule has 0 bridgehead atoms.